The van der Waals surface area contributed by atoms with Crippen molar-refractivity contribution in [2.75, 3.05) is 18.0 Å². The van der Waals surface area contributed by atoms with Gasteiger partial charge in [-0.05, 0) is 24.6 Å². The van der Waals surface area contributed by atoms with Gasteiger partial charge in [0.15, 0.2) is 0 Å². The molecule has 0 aliphatic carbocycles. The number of rotatable bonds is 4. The van der Waals surface area contributed by atoms with Crippen molar-refractivity contribution in [3.63, 3.8) is 0 Å². The Bertz CT molecular complexity index is 421. The first-order valence-corrected chi connectivity index (χ1v) is 5.02. The average molecular weight is 217 g/mol. The first-order chi connectivity index (χ1) is 7.65. The highest BCUT2D eigenvalue weighted by Gasteiger charge is 2.08. The zero-order chi connectivity index (χ0) is 12.0. The normalized spacial score (nSPS) is 9.44. The molecular weight excluding hydrogens is 202 g/mol. The molecule has 0 aliphatic heterocycles. The molecule has 0 bridgehead atoms. The standard InChI is InChI=1S/C12H15N3O/c1-2-3-4-7-15-12(16)10-6-5-9(13)8-11(10)14/h1,5-6,8H,3-4,7,13-14H2,(H,15,16). The van der Waals surface area contributed by atoms with Gasteiger partial charge >= 0.3 is 0 Å². The first kappa shape index (κ1) is 11.9. The van der Waals surface area contributed by atoms with Crippen LogP contribution in [-0.2, 0) is 0 Å². The number of benzene rings is 1. The van der Waals surface area contributed by atoms with E-state index in [1.807, 2.05) is 0 Å². The van der Waals surface area contributed by atoms with E-state index in [1.165, 1.54) is 0 Å². The quantitative estimate of drug-likeness (QED) is 0.399. The van der Waals surface area contributed by atoms with Gasteiger partial charge in [0.05, 0.1) is 5.56 Å². The monoisotopic (exact) mass is 217 g/mol. The number of hydrogen-bond donors (Lipinski definition) is 3. The van der Waals surface area contributed by atoms with Gasteiger partial charge in [0, 0.05) is 24.3 Å². The lowest BCUT2D eigenvalue weighted by Crippen LogP contribution is -2.25. The Morgan fingerprint density at radius 3 is 2.81 bits per heavy atom. The lowest BCUT2D eigenvalue weighted by Gasteiger charge is -2.07. The van der Waals surface area contributed by atoms with Crippen LogP contribution in [0.4, 0.5) is 11.4 Å². The number of carbonyl (C=O) groups is 1. The van der Waals surface area contributed by atoms with Crippen LogP contribution < -0.4 is 16.8 Å². The fraction of sp³-hybridized carbons (Fsp3) is 0.250. The molecule has 0 radical (unpaired) electrons. The highest BCUT2D eigenvalue weighted by molar-refractivity contribution is 5.99. The molecule has 4 nitrogen and oxygen atoms in total. The summed E-state index contributed by atoms with van der Waals surface area (Å²) >= 11 is 0. The van der Waals surface area contributed by atoms with Gasteiger partial charge in [-0.15, -0.1) is 12.3 Å². The molecule has 4 heteroatoms. The second-order valence-electron chi connectivity index (χ2n) is 3.41. The lowest BCUT2D eigenvalue weighted by atomic mass is 10.1. The lowest BCUT2D eigenvalue weighted by molar-refractivity contribution is 0.0954. The Morgan fingerprint density at radius 2 is 2.19 bits per heavy atom. The van der Waals surface area contributed by atoms with E-state index in [9.17, 15) is 4.79 Å². The van der Waals surface area contributed by atoms with Crippen molar-refractivity contribution in [3.8, 4) is 12.3 Å². The smallest absolute Gasteiger partial charge is 0.253 e. The molecule has 1 aromatic carbocycles. The summed E-state index contributed by atoms with van der Waals surface area (Å²) in [6.45, 7) is 0.548. The maximum absolute atomic E-state index is 11.7. The van der Waals surface area contributed by atoms with Gasteiger partial charge in [0.1, 0.15) is 0 Å². The number of nitrogens with two attached hydrogens (primary N) is 2. The topological polar surface area (TPSA) is 81.1 Å². The number of nitrogens with one attached hydrogen (secondary N) is 1. The zero-order valence-electron chi connectivity index (χ0n) is 8.99. The molecule has 0 fully saturated rings. The van der Waals surface area contributed by atoms with Crippen LogP contribution in [0.3, 0.4) is 0 Å². The summed E-state index contributed by atoms with van der Waals surface area (Å²) in [6.07, 6.45) is 6.51. The molecule has 0 saturated carbocycles. The van der Waals surface area contributed by atoms with Crippen molar-refractivity contribution in [2.24, 2.45) is 0 Å². The van der Waals surface area contributed by atoms with Crippen molar-refractivity contribution in [1.29, 1.82) is 0 Å². The minimum Gasteiger partial charge on any atom is -0.399 e. The zero-order valence-corrected chi connectivity index (χ0v) is 8.99. The maximum atomic E-state index is 11.7. The van der Waals surface area contributed by atoms with Crippen LogP contribution in [-0.4, -0.2) is 12.5 Å². The maximum Gasteiger partial charge on any atom is 0.253 e. The summed E-state index contributed by atoms with van der Waals surface area (Å²) in [5.41, 5.74) is 12.6. The predicted octanol–water partition coefficient (Wildman–Crippen LogP) is 0.994. The second-order valence-corrected chi connectivity index (χ2v) is 3.41. The number of carbonyl (C=O) groups excluding carboxylic acids is 1. The van der Waals surface area contributed by atoms with Gasteiger partial charge in [-0.1, -0.05) is 0 Å². The third kappa shape index (κ3) is 3.21. The number of unbranched alkanes of at least 4 members (excludes halogenated alkanes) is 1. The summed E-state index contributed by atoms with van der Waals surface area (Å²) in [5.74, 6) is 2.31. The Hall–Kier alpha value is -2.15. The summed E-state index contributed by atoms with van der Waals surface area (Å²) < 4.78 is 0. The summed E-state index contributed by atoms with van der Waals surface area (Å²) in [6, 6.07) is 4.82. The highest BCUT2D eigenvalue weighted by Crippen LogP contribution is 2.15. The fourth-order valence-corrected chi connectivity index (χ4v) is 1.28. The van der Waals surface area contributed by atoms with Crippen molar-refractivity contribution in [2.45, 2.75) is 12.8 Å². The van der Waals surface area contributed by atoms with E-state index in [0.29, 0.717) is 29.9 Å². The molecule has 1 amide bonds. The molecule has 84 valence electrons. The number of amides is 1. The van der Waals surface area contributed by atoms with Crippen LogP contribution in [0.15, 0.2) is 18.2 Å². The molecule has 0 atom stereocenters. The van der Waals surface area contributed by atoms with Gasteiger partial charge < -0.3 is 16.8 Å². The van der Waals surface area contributed by atoms with E-state index < -0.39 is 0 Å². The number of hydrogen-bond acceptors (Lipinski definition) is 3. The van der Waals surface area contributed by atoms with E-state index in [2.05, 4.69) is 11.2 Å². The van der Waals surface area contributed by atoms with E-state index in [1.54, 1.807) is 18.2 Å². The Balaban J connectivity index is 2.57. The highest BCUT2D eigenvalue weighted by atomic mass is 16.1. The van der Waals surface area contributed by atoms with Crippen LogP contribution in [0, 0.1) is 12.3 Å². The molecule has 1 rings (SSSR count). The van der Waals surface area contributed by atoms with E-state index >= 15 is 0 Å². The second kappa shape index (κ2) is 5.66. The molecule has 0 saturated heterocycles. The van der Waals surface area contributed by atoms with E-state index in [-0.39, 0.29) is 5.91 Å². The predicted molar refractivity (Wildman–Crippen MR) is 65.7 cm³/mol. The van der Waals surface area contributed by atoms with Crippen molar-refractivity contribution >= 4 is 17.3 Å². The van der Waals surface area contributed by atoms with Crippen molar-refractivity contribution in [1.82, 2.24) is 5.32 Å². The summed E-state index contributed by atoms with van der Waals surface area (Å²) in [7, 11) is 0. The minimum absolute atomic E-state index is 0.200. The minimum atomic E-state index is -0.200. The summed E-state index contributed by atoms with van der Waals surface area (Å²) in [5, 5.41) is 2.74. The molecule has 1 aromatic rings. The van der Waals surface area contributed by atoms with Crippen LogP contribution in [0.5, 0.6) is 0 Å². The molecule has 0 heterocycles. The molecule has 0 aromatic heterocycles. The molecule has 0 unspecified atom stereocenters. The average Bonchev–Trinajstić information content (AvgIpc) is 2.24. The summed E-state index contributed by atoms with van der Waals surface area (Å²) in [4.78, 5) is 11.7. The third-order valence-electron chi connectivity index (χ3n) is 2.10. The Labute approximate surface area is 95.0 Å². The molecule has 16 heavy (non-hydrogen) atoms. The van der Waals surface area contributed by atoms with E-state index in [0.717, 1.165) is 6.42 Å². The van der Waals surface area contributed by atoms with Crippen LogP contribution >= 0.6 is 0 Å². The molecule has 0 aliphatic rings. The molecule has 0 spiro atoms. The van der Waals surface area contributed by atoms with E-state index in [4.69, 9.17) is 17.9 Å². The molecular formula is C12H15N3O. The number of terminal acetylenes is 1. The van der Waals surface area contributed by atoms with Gasteiger partial charge in [0.2, 0.25) is 0 Å². The van der Waals surface area contributed by atoms with Crippen LogP contribution in [0.2, 0.25) is 0 Å². The van der Waals surface area contributed by atoms with Crippen LogP contribution in [0.25, 0.3) is 0 Å². The SMILES string of the molecule is C#CCCCNC(=O)c1ccc(N)cc1N. The number of nitrogen functional groups attached to an aromatic ring is 2. The van der Waals surface area contributed by atoms with Gasteiger partial charge in [0.25, 0.3) is 5.91 Å². The van der Waals surface area contributed by atoms with Gasteiger partial charge in [-0.25, -0.2) is 0 Å². The first-order valence-electron chi connectivity index (χ1n) is 5.02. The van der Waals surface area contributed by atoms with Gasteiger partial charge in [-0.2, -0.15) is 0 Å². The fourth-order valence-electron chi connectivity index (χ4n) is 1.28. The van der Waals surface area contributed by atoms with Crippen LogP contribution in [0.1, 0.15) is 23.2 Å². The largest absolute Gasteiger partial charge is 0.399 e. The van der Waals surface area contributed by atoms with Gasteiger partial charge in [-0.3, -0.25) is 4.79 Å². The number of anilines is 2. The Kier molecular flexibility index (Phi) is 4.22. The molecule has 5 N–H and O–H groups in total. The Morgan fingerprint density at radius 1 is 1.44 bits per heavy atom. The third-order valence-corrected chi connectivity index (χ3v) is 2.10. The van der Waals surface area contributed by atoms with Crippen molar-refractivity contribution in [3.05, 3.63) is 23.8 Å². The van der Waals surface area contributed by atoms with Crippen molar-refractivity contribution < 1.29 is 4.79 Å².